The summed E-state index contributed by atoms with van der Waals surface area (Å²) < 4.78 is 82.6. The molecule has 11 heteroatoms. The number of hydrogen-bond acceptors (Lipinski definition) is 6. The van der Waals surface area contributed by atoms with Gasteiger partial charge in [0.05, 0.1) is 22.3 Å². The molecule has 2 aromatic rings. The number of carbonyl (C=O) groups is 1. The molecule has 36 heavy (non-hydrogen) atoms. The van der Waals surface area contributed by atoms with Crippen LogP contribution < -0.4 is 9.64 Å². The van der Waals surface area contributed by atoms with Crippen LogP contribution in [-0.4, -0.2) is 49.0 Å². The average molecular weight is 531 g/mol. The summed E-state index contributed by atoms with van der Waals surface area (Å²) in [5, 5.41) is 0. The highest BCUT2D eigenvalue weighted by Gasteiger charge is 2.62. The minimum Gasteiger partial charge on any atom is -0.492 e. The molecule has 0 saturated heterocycles. The lowest BCUT2D eigenvalue weighted by molar-refractivity contribution is -0.207. The van der Waals surface area contributed by atoms with Gasteiger partial charge < -0.3 is 14.4 Å². The fourth-order valence-corrected chi connectivity index (χ4v) is 5.36. The predicted molar refractivity (Wildman–Crippen MR) is 127 cm³/mol. The summed E-state index contributed by atoms with van der Waals surface area (Å²) in [6, 6.07) is 11.4. The molecule has 0 N–H and O–H groups in total. The summed E-state index contributed by atoms with van der Waals surface area (Å²) in [6.07, 6.45) is -7.00. The van der Waals surface area contributed by atoms with Crippen LogP contribution in [0.4, 0.5) is 33.3 Å². The molecule has 0 aromatic heterocycles. The summed E-state index contributed by atoms with van der Waals surface area (Å²) in [5.74, 6) is -4.51. The van der Waals surface area contributed by atoms with Crippen LogP contribution in [0.2, 0.25) is 0 Å². The Hall–Kier alpha value is -2.53. The van der Waals surface area contributed by atoms with Crippen molar-refractivity contribution in [1.82, 2.24) is 4.31 Å². The highest BCUT2D eigenvalue weighted by atomic mass is 32.2. The Labute approximate surface area is 210 Å². The second kappa shape index (κ2) is 9.74. The van der Waals surface area contributed by atoms with Gasteiger partial charge >= 0.3 is 12.1 Å². The number of fused-ring (bicyclic) bond motifs is 1. The highest BCUT2D eigenvalue weighted by molar-refractivity contribution is 7.97. The fraction of sp³-hybridized carbons (Fsp3) is 0.480. The first kappa shape index (κ1) is 26.5. The third-order valence-electron chi connectivity index (χ3n) is 6.09. The fourth-order valence-electron chi connectivity index (χ4n) is 4.42. The van der Waals surface area contributed by atoms with Crippen molar-refractivity contribution in [1.29, 1.82) is 0 Å². The molecule has 1 saturated carbocycles. The van der Waals surface area contributed by atoms with E-state index >= 15 is 0 Å². The highest BCUT2D eigenvalue weighted by Crippen LogP contribution is 2.54. The van der Waals surface area contributed by atoms with Gasteiger partial charge in [-0.25, -0.2) is 13.1 Å². The molecule has 0 radical (unpaired) electrons. The molecular weight excluding hydrogens is 503 g/mol. The molecule has 0 unspecified atom stereocenters. The topological polar surface area (TPSA) is 42.0 Å². The van der Waals surface area contributed by atoms with Crippen LogP contribution in [0, 0.1) is 5.41 Å². The largest absolute Gasteiger partial charge is 0.492 e. The Morgan fingerprint density at radius 1 is 1.11 bits per heavy atom. The first-order valence-corrected chi connectivity index (χ1v) is 12.3. The molecule has 0 amide bonds. The van der Waals surface area contributed by atoms with Crippen molar-refractivity contribution < 1.29 is 36.2 Å². The maximum absolute atomic E-state index is 14.2. The van der Waals surface area contributed by atoms with Crippen LogP contribution in [0.15, 0.2) is 47.4 Å². The maximum atomic E-state index is 14.2. The summed E-state index contributed by atoms with van der Waals surface area (Å²) in [5.41, 5.74) is -1.64. The smallest absolute Gasteiger partial charge is 0.420 e. The maximum Gasteiger partial charge on any atom is 0.420 e. The molecule has 0 atom stereocenters. The molecule has 2 aliphatic rings. The van der Waals surface area contributed by atoms with Crippen molar-refractivity contribution >= 4 is 29.3 Å². The second-order valence-electron chi connectivity index (χ2n) is 9.48. The first-order chi connectivity index (χ1) is 16.8. The van der Waals surface area contributed by atoms with Crippen molar-refractivity contribution in [3.8, 4) is 5.75 Å². The number of alkyl halides is 5. The number of likely N-dealkylation sites (N-methyl/N-ethyl adjacent to an activating group) is 1. The van der Waals surface area contributed by atoms with Crippen LogP contribution >= 0.6 is 11.9 Å². The van der Waals surface area contributed by atoms with Gasteiger partial charge in [0.2, 0.25) is 0 Å². The molecule has 1 aliphatic heterocycles. The van der Waals surface area contributed by atoms with Gasteiger partial charge in [0.15, 0.2) is 0 Å². The van der Waals surface area contributed by atoms with Crippen LogP contribution in [0.25, 0.3) is 0 Å². The predicted octanol–water partition coefficient (Wildman–Crippen LogP) is 6.54. The van der Waals surface area contributed by atoms with E-state index < -0.39 is 60.3 Å². The van der Waals surface area contributed by atoms with Crippen molar-refractivity contribution in [3.63, 3.8) is 0 Å². The van der Waals surface area contributed by atoms with E-state index in [2.05, 4.69) is 0 Å². The minimum atomic E-state index is -4.77. The number of ether oxygens (including phenoxy) is 2. The van der Waals surface area contributed by atoms with Gasteiger partial charge in [-0.05, 0) is 57.1 Å². The number of esters is 1. The van der Waals surface area contributed by atoms with Gasteiger partial charge in [0.1, 0.15) is 17.8 Å². The normalized spacial score (nSPS) is 19.3. The number of anilines is 2. The van der Waals surface area contributed by atoms with Gasteiger partial charge in [0, 0.05) is 31.6 Å². The zero-order valence-corrected chi connectivity index (χ0v) is 20.9. The van der Waals surface area contributed by atoms with Gasteiger partial charge in [-0.15, -0.1) is 0 Å². The Morgan fingerprint density at radius 3 is 2.36 bits per heavy atom. The first-order valence-electron chi connectivity index (χ1n) is 11.5. The molecule has 1 aliphatic carbocycles. The lowest BCUT2D eigenvalue weighted by Crippen LogP contribution is -2.55. The second-order valence-corrected chi connectivity index (χ2v) is 10.7. The third-order valence-corrected chi connectivity index (χ3v) is 7.11. The molecule has 0 spiro atoms. The molecule has 196 valence electrons. The van der Waals surface area contributed by atoms with Gasteiger partial charge in [-0.3, -0.25) is 4.79 Å². The Kier molecular flexibility index (Phi) is 7.18. The van der Waals surface area contributed by atoms with Crippen molar-refractivity contribution in [3.05, 3.63) is 48.0 Å². The molecule has 0 bridgehead atoms. The third kappa shape index (κ3) is 5.56. The van der Waals surface area contributed by atoms with Crippen LogP contribution in [0.5, 0.6) is 5.75 Å². The molecule has 5 nitrogen and oxygen atoms in total. The number of hydrogen-bond donors (Lipinski definition) is 0. The summed E-state index contributed by atoms with van der Waals surface area (Å²) in [4.78, 5) is 14.9. The summed E-state index contributed by atoms with van der Waals surface area (Å²) in [6.45, 7) is 3.54. The number of benzene rings is 2. The zero-order chi connectivity index (χ0) is 26.3. The minimum absolute atomic E-state index is 0.360. The Morgan fingerprint density at radius 2 is 1.78 bits per heavy atom. The van der Waals surface area contributed by atoms with Crippen LogP contribution in [-0.2, 0) is 15.7 Å². The zero-order valence-electron chi connectivity index (χ0n) is 20.1. The Balaban J connectivity index is 1.71. The van der Waals surface area contributed by atoms with E-state index in [1.54, 1.807) is 18.7 Å². The van der Waals surface area contributed by atoms with Gasteiger partial charge in [0.25, 0.3) is 5.92 Å². The number of nitrogens with zero attached hydrogens (tertiary/aromatic N) is 2. The molecule has 1 heterocycles. The van der Waals surface area contributed by atoms with Gasteiger partial charge in [-0.1, -0.05) is 18.2 Å². The number of para-hydroxylation sites is 1. The standard InChI is InChI=1S/C25H27F5N2O3S/c1-16(2)35-22(33)23(13-24(26,27)14-23)15-34-20-12-21-19(11-18(20)25(28,29)30)32(10-9-31(3)36-21)17-7-5-4-6-8-17/h4-8,11-12,16H,9-10,13-15H2,1-3H3. The van der Waals surface area contributed by atoms with E-state index in [9.17, 15) is 26.7 Å². The van der Waals surface area contributed by atoms with Crippen molar-refractivity contribution in [2.45, 2.75) is 49.8 Å². The van der Waals surface area contributed by atoms with E-state index in [0.29, 0.717) is 23.7 Å². The van der Waals surface area contributed by atoms with E-state index in [1.165, 1.54) is 18.0 Å². The number of rotatable bonds is 6. The lowest BCUT2D eigenvalue weighted by atomic mass is 9.66. The van der Waals surface area contributed by atoms with E-state index in [-0.39, 0.29) is 0 Å². The van der Waals surface area contributed by atoms with Crippen LogP contribution in [0.1, 0.15) is 32.3 Å². The van der Waals surface area contributed by atoms with Crippen molar-refractivity contribution in [2.24, 2.45) is 5.41 Å². The molecular formula is C25H27F5N2O3S. The van der Waals surface area contributed by atoms with E-state index in [0.717, 1.165) is 11.8 Å². The summed E-state index contributed by atoms with van der Waals surface area (Å²) in [7, 11) is 1.83. The number of halogens is 5. The van der Waals surface area contributed by atoms with E-state index in [1.807, 2.05) is 41.7 Å². The van der Waals surface area contributed by atoms with Crippen LogP contribution in [0.3, 0.4) is 0 Å². The van der Waals surface area contributed by atoms with Gasteiger partial charge in [-0.2, -0.15) is 13.2 Å². The lowest BCUT2D eigenvalue weighted by Gasteiger charge is -2.44. The SMILES string of the molecule is CC(C)OC(=O)C1(COc2cc3c(cc2C(F)(F)F)N(c2ccccc2)CCN(C)S3)CC(F)(F)C1. The molecule has 1 fully saturated rings. The van der Waals surface area contributed by atoms with Crippen molar-refractivity contribution in [2.75, 3.05) is 31.6 Å². The monoisotopic (exact) mass is 530 g/mol. The summed E-state index contributed by atoms with van der Waals surface area (Å²) >= 11 is 1.26. The molecule has 2 aromatic carbocycles. The quantitative estimate of drug-likeness (QED) is 0.240. The Bertz CT molecular complexity index is 1100. The van der Waals surface area contributed by atoms with E-state index in [4.69, 9.17) is 9.47 Å². The number of carbonyl (C=O) groups excluding carboxylic acids is 1. The average Bonchev–Trinajstić information content (AvgIpc) is 2.92. The molecule has 4 rings (SSSR count).